The Labute approximate surface area is 224 Å². The Bertz CT molecular complexity index is 1470. The summed E-state index contributed by atoms with van der Waals surface area (Å²) in [6.45, 7) is 0.995. The van der Waals surface area contributed by atoms with Crippen LogP contribution in [0.2, 0.25) is 0 Å². The molecule has 206 valence electrons. The van der Waals surface area contributed by atoms with Gasteiger partial charge < -0.3 is 36.0 Å². The van der Waals surface area contributed by atoms with Crippen LogP contribution in [-0.4, -0.2) is 73.1 Å². The maximum atomic E-state index is 13.8. The number of aliphatic hydroxyl groups is 3. The third-order valence-corrected chi connectivity index (χ3v) is 8.38. The van der Waals surface area contributed by atoms with Crippen molar-refractivity contribution in [1.82, 2.24) is 14.8 Å². The van der Waals surface area contributed by atoms with Crippen molar-refractivity contribution in [1.29, 1.82) is 0 Å². The molecule has 2 aromatic rings. The molecular formula is C28H32N4O7. The van der Waals surface area contributed by atoms with Crippen molar-refractivity contribution < 1.29 is 34.8 Å². The summed E-state index contributed by atoms with van der Waals surface area (Å²) in [5.74, 6) is -6.58. The number of ketones is 2. The van der Waals surface area contributed by atoms with Crippen LogP contribution < -0.4 is 11.1 Å². The summed E-state index contributed by atoms with van der Waals surface area (Å²) in [6.07, 6.45) is 2.25. The Balaban J connectivity index is 1.57. The Morgan fingerprint density at radius 3 is 2.51 bits per heavy atom. The maximum absolute atomic E-state index is 13.8. The number of rotatable bonds is 6. The molecule has 1 aromatic heterocycles. The van der Waals surface area contributed by atoms with Gasteiger partial charge in [0.2, 0.25) is 5.78 Å². The van der Waals surface area contributed by atoms with Crippen molar-refractivity contribution in [3.63, 3.8) is 0 Å². The molecule has 7 N–H and O–H groups in total. The topological polar surface area (TPSA) is 178 Å². The maximum Gasteiger partial charge on any atom is 0.255 e. The fourth-order valence-corrected chi connectivity index (χ4v) is 6.49. The molecule has 11 nitrogen and oxygen atoms in total. The minimum absolute atomic E-state index is 0.00829. The molecule has 0 fully saturated rings. The SMILES string of the molecule is CN(C)[C@H]1C(O)=C(C(N)=O)C(=O)[C@@]2(O)C(O)=C3C(=O)c4c(O)ccc(CNCc5cccn5C)c4C[C@H]3C[C@H]12. The van der Waals surface area contributed by atoms with E-state index in [0.717, 1.165) is 11.3 Å². The third kappa shape index (κ3) is 3.88. The van der Waals surface area contributed by atoms with E-state index in [1.54, 1.807) is 20.2 Å². The molecule has 0 saturated carbocycles. The number of benzene rings is 1. The lowest BCUT2D eigenvalue weighted by atomic mass is 9.58. The van der Waals surface area contributed by atoms with Crippen LogP contribution >= 0.6 is 0 Å². The largest absolute Gasteiger partial charge is 0.510 e. The lowest BCUT2D eigenvalue weighted by Crippen LogP contribution is -2.63. The average Bonchev–Trinajstić information content (AvgIpc) is 3.26. The number of hydrogen-bond acceptors (Lipinski definition) is 9. The van der Waals surface area contributed by atoms with E-state index >= 15 is 0 Å². The summed E-state index contributed by atoms with van der Waals surface area (Å²) < 4.78 is 1.99. The second-order valence-electron chi connectivity index (χ2n) is 10.8. The van der Waals surface area contributed by atoms with E-state index < -0.39 is 58.0 Å². The molecule has 0 radical (unpaired) electrons. The Morgan fingerprint density at radius 2 is 1.90 bits per heavy atom. The molecule has 1 amide bonds. The van der Waals surface area contributed by atoms with Gasteiger partial charge in [-0.05, 0) is 62.2 Å². The van der Waals surface area contributed by atoms with Gasteiger partial charge in [0.1, 0.15) is 22.8 Å². The standard InChI is InChI=1S/C28H32N4O7/c1-31(2)22-17-10-14-9-16-13(11-30-12-15-5-4-8-32(15)3)6-7-18(33)20(16)23(34)19(14)25(36)28(17,39)26(37)21(24(22)35)27(29)38/h4-8,14,17,22,30,33,35-36,39H,9-12H2,1-3H3,(H2,29,38)/t14-,17+,22+,28-/m0/s1. The summed E-state index contributed by atoms with van der Waals surface area (Å²) in [5.41, 5.74) is 4.22. The van der Waals surface area contributed by atoms with E-state index in [4.69, 9.17) is 5.73 Å². The molecule has 39 heavy (non-hydrogen) atoms. The van der Waals surface area contributed by atoms with Crippen LogP contribution in [-0.2, 0) is 36.1 Å². The van der Waals surface area contributed by atoms with Gasteiger partial charge in [-0.25, -0.2) is 0 Å². The van der Waals surface area contributed by atoms with Gasteiger partial charge in [-0.15, -0.1) is 0 Å². The predicted octanol–water partition coefficient (Wildman–Crippen LogP) is 0.749. The smallest absolute Gasteiger partial charge is 0.255 e. The number of allylic oxidation sites excluding steroid dienone is 1. The zero-order valence-electron chi connectivity index (χ0n) is 21.9. The van der Waals surface area contributed by atoms with Gasteiger partial charge in [-0.2, -0.15) is 0 Å². The summed E-state index contributed by atoms with van der Waals surface area (Å²) in [5, 5.41) is 47.9. The second kappa shape index (κ2) is 9.37. The molecule has 0 saturated heterocycles. The average molecular weight is 537 g/mol. The summed E-state index contributed by atoms with van der Waals surface area (Å²) in [6, 6.07) is 6.07. The van der Waals surface area contributed by atoms with E-state index in [0.29, 0.717) is 18.7 Å². The van der Waals surface area contributed by atoms with Crippen LogP contribution in [0.1, 0.15) is 33.6 Å². The highest BCUT2D eigenvalue weighted by molar-refractivity contribution is 6.24. The number of phenolic OH excluding ortho intramolecular Hbond substituents is 1. The second-order valence-corrected chi connectivity index (χ2v) is 10.8. The summed E-state index contributed by atoms with van der Waals surface area (Å²) >= 11 is 0. The number of likely N-dealkylation sites (N-methyl/N-ethyl adjacent to an activating group) is 1. The van der Waals surface area contributed by atoms with E-state index in [1.165, 1.54) is 11.0 Å². The molecule has 0 unspecified atom stereocenters. The number of primary amides is 1. The number of aromatic nitrogens is 1. The number of fused-ring (bicyclic) bond motifs is 3. The number of nitrogens with two attached hydrogens (primary N) is 1. The van der Waals surface area contributed by atoms with Crippen LogP contribution in [0.5, 0.6) is 5.75 Å². The number of Topliss-reactive ketones (excluding diaryl/α,β-unsaturated/α-hetero) is 2. The lowest BCUT2D eigenvalue weighted by Gasteiger charge is -2.50. The molecule has 0 spiro atoms. The number of hydrogen-bond donors (Lipinski definition) is 6. The molecule has 0 bridgehead atoms. The highest BCUT2D eigenvalue weighted by Gasteiger charge is 2.63. The third-order valence-electron chi connectivity index (χ3n) is 8.38. The van der Waals surface area contributed by atoms with E-state index in [9.17, 15) is 34.8 Å². The number of carbonyl (C=O) groups is 3. The van der Waals surface area contributed by atoms with Crippen molar-refractivity contribution in [3.05, 3.63) is 75.5 Å². The molecule has 3 aliphatic carbocycles. The molecule has 5 rings (SSSR count). The van der Waals surface area contributed by atoms with Gasteiger partial charge in [0.05, 0.1) is 11.6 Å². The first kappa shape index (κ1) is 26.7. The van der Waals surface area contributed by atoms with E-state index in [2.05, 4.69) is 5.32 Å². The monoisotopic (exact) mass is 536 g/mol. The fourth-order valence-electron chi connectivity index (χ4n) is 6.49. The number of aryl methyl sites for hydroxylation is 1. The lowest BCUT2D eigenvalue weighted by molar-refractivity contribution is -0.148. The zero-order chi connectivity index (χ0) is 28.4. The van der Waals surface area contributed by atoms with Crippen LogP contribution in [0.3, 0.4) is 0 Å². The molecule has 1 heterocycles. The normalized spacial score (nSPS) is 26.5. The minimum atomic E-state index is -2.64. The van der Waals surface area contributed by atoms with Gasteiger partial charge in [0, 0.05) is 43.5 Å². The number of nitrogens with one attached hydrogen (secondary N) is 1. The molecule has 11 heteroatoms. The van der Waals surface area contributed by atoms with Crippen molar-refractivity contribution in [2.24, 2.45) is 24.6 Å². The predicted molar refractivity (Wildman–Crippen MR) is 140 cm³/mol. The molecule has 1 aromatic carbocycles. The van der Waals surface area contributed by atoms with Gasteiger partial charge in [-0.1, -0.05) is 6.07 Å². The zero-order valence-corrected chi connectivity index (χ0v) is 21.9. The number of nitrogens with zero attached hydrogens (tertiary/aromatic N) is 2. The van der Waals surface area contributed by atoms with Crippen LogP contribution in [0.25, 0.3) is 0 Å². The number of amides is 1. The molecular weight excluding hydrogens is 504 g/mol. The number of phenols is 1. The van der Waals surface area contributed by atoms with Gasteiger partial charge >= 0.3 is 0 Å². The van der Waals surface area contributed by atoms with Crippen LogP contribution in [0, 0.1) is 11.8 Å². The van der Waals surface area contributed by atoms with Gasteiger partial charge in [-0.3, -0.25) is 19.3 Å². The van der Waals surface area contributed by atoms with Crippen molar-refractivity contribution in [3.8, 4) is 5.75 Å². The quantitative estimate of drug-likeness (QED) is 0.291. The minimum Gasteiger partial charge on any atom is -0.510 e. The Morgan fingerprint density at radius 1 is 1.18 bits per heavy atom. The highest BCUT2D eigenvalue weighted by Crippen LogP contribution is 2.52. The fraction of sp³-hybridized carbons (Fsp3) is 0.393. The molecule has 0 aliphatic heterocycles. The summed E-state index contributed by atoms with van der Waals surface area (Å²) in [4.78, 5) is 40.7. The Kier molecular flexibility index (Phi) is 6.41. The van der Waals surface area contributed by atoms with E-state index in [1.807, 2.05) is 29.9 Å². The van der Waals surface area contributed by atoms with Crippen LogP contribution in [0.15, 0.2) is 53.1 Å². The first-order valence-corrected chi connectivity index (χ1v) is 12.7. The van der Waals surface area contributed by atoms with Crippen molar-refractivity contribution in [2.45, 2.75) is 37.6 Å². The molecule has 4 atom stereocenters. The van der Waals surface area contributed by atoms with Crippen LogP contribution in [0.4, 0.5) is 0 Å². The number of carbonyl (C=O) groups excluding carboxylic acids is 3. The highest BCUT2D eigenvalue weighted by atomic mass is 16.3. The first-order valence-electron chi connectivity index (χ1n) is 12.7. The number of aliphatic hydroxyl groups excluding tert-OH is 2. The van der Waals surface area contributed by atoms with Gasteiger partial charge in [0.25, 0.3) is 5.91 Å². The molecule has 3 aliphatic rings. The Hall–Kier alpha value is -3.93. The van der Waals surface area contributed by atoms with Gasteiger partial charge in [0.15, 0.2) is 11.4 Å². The van der Waals surface area contributed by atoms with E-state index in [-0.39, 0.29) is 29.7 Å². The summed E-state index contributed by atoms with van der Waals surface area (Å²) in [7, 11) is 5.14. The number of aromatic hydroxyl groups is 1. The first-order chi connectivity index (χ1) is 18.4. The van der Waals surface area contributed by atoms with Crippen molar-refractivity contribution in [2.75, 3.05) is 14.1 Å². The van der Waals surface area contributed by atoms with Crippen molar-refractivity contribution >= 4 is 17.5 Å².